The fourth-order valence-corrected chi connectivity index (χ4v) is 8.90. The summed E-state index contributed by atoms with van der Waals surface area (Å²) in [6, 6.07) is 0. The number of aliphatic hydroxyl groups excluding tert-OH is 2. The van der Waals surface area contributed by atoms with Gasteiger partial charge in [-0.1, -0.05) is 51.5 Å². The molecule has 4 fully saturated rings. The van der Waals surface area contributed by atoms with Gasteiger partial charge in [-0.2, -0.15) is 0 Å². The van der Waals surface area contributed by atoms with E-state index in [4.69, 9.17) is 9.72 Å². The monoisotopic (exact) mass is 606 g/mol. The molecule has 0 saturated heterocycles. The van der Waals surface area contributed by atoms with Crippen molar-refractivity contribution in [1.29, 1.82) is 0 Å². The van der Waals surface area contributed by atoms with Crippen LogP contribution in [-0.4, -0.2) is 44.5 Å². The molecule has 3 N–H and O–H groups in total. The highest BCUT2D eigenvalue weighted by atomic mass is 16.5. The van der Waals surface area contributed by atoms with Crippen LogP contribution >= 0.6 is 0 Å². The Hall–Kier alpha value is -2.18. The van der Waals surface area contributed by atoms with E-state index in [2.05, 4.69) is 44.5 Å². The number of esters is 1. The number of imidazole rings is 1. The molecular weight excluding hydrogens is 548 g/mol. The number of ether oxygens (including phenoxy) is 1. The summed E-state index contributed by atoms with van der Waals surface area (Å²) < 4.78 is 6.38. The highest BCUT2D eigenvalue weighted by Gasteiger charge is 2.56. The third kappa shape index (κ3) is 6.67. The van der Waals surface area contributed by atoms with Gasteiger partial charge in [0.15, 0.2) is 0 Å². The molecule has 1 heterocycles. The Balaban J connectivity index is 1.30. The Kier molecular flexibility index (Phi) is 9.73. The number of carbonyl (C=O) groups excluding carboxylic acids is 1. The van der Waals surface area contributed by atoms with Crippen LogP contribution in [0.15, 0.2) is 41.6 Å². The molecule has 4 aliphatic rings. The van der Waals surface area contributed by atoms with Crippen LogP contribution in [0.4, 0.5) is 0 Å². The number of carbonyl (C=O) groups is 1. The molecule has 6 nitrogen and oxygen atoms in total. The van der Waals surface area contributed by atoms with E-state index >= 15 is 0 Å². The Morgan fingerprint density at radius 2 is 1.95 bits per heavy atom. The molecule has 0 bridgehead atoms. The second kappa shape index (κ2) is 12.9. The molecule has 0 spiro atoms. The number of aromatic amines is 1. The lowest BCUT2D eigenvalue weighted by molar-refractivity contribution is -0.161. The first kappa shape index (κ1) is 33.2. The molecule has 4 aliphatic carbocycles. The first-order chi connectivity index (χ1) is 20.8. The lowest BCUT2D eigenvalue weighted by atomic mass is 9.60. The molecule has 5 rings (SSSR count). The predicted octanol–water partition coefficient (Wildman–Crippen LogP) is 7.91. The summed E-state index contributed by atoms with van der Waals surface area (Å²) >= 11 is 0. The zero-order chi connectivity index (χ0) is 31.9. The van der Waals surface area contributed by atoms with Gasteiger partial charge in [0.05, 0.1) is 23.0 Å². The van der Waals surface area contributed by atoms with Gasteiger partial charge >= 0.3 is 5.97 Å². The molecule has 44 heavy (non-hydrogen) atoms. The molecule has 6 heteroatoms. The average molecular weight is 607 g/mol. The van der Waals surface area contributed by atoms with Gasteiger partial charge in [-0.25, -0.2) is 4.98 Å². The van der Waals surface area contributed by atoms with Crippen molar-refractivity contribution in [2.24, 2.45) is 28.6 Å². The van der Waals surface area contributed by atoms with E-state index < -0.39 is 17.6 Å². The zero-order valence-electron chi connectivity index (χ0n) is 28.3. The minimum atomic E-state index is -0.649. The van der Waals surface area contributed by atoms with Crippen molar-refractivity contribution in [3.05, 3.63) is 53.2 Å². The second-order valence-electron chi connectivity index (χ2n) is 16.0. The molecule has 0 radical (unpaired) electrons. The van der Waals surface area contributed by atoms with Crippen LogP contribution in [-0.2, 0) is 21.4 Å². The van der Waals surface area contributed by atoms with Gasteiger partial charge in [0, 0.05) is 18.3 Å². The second-order valence-corrected chi connectivity index (χ2v) is 16.0. The van der Waals surface area contributed by atoms with Crippen molar-refractivity contribution >= 4 is 5.97 Å². The molecule has 0 unspecified atom stereocenters. The summed E-state index contributed by atoms with van der Waals surface area (Å²) in [5.74, 6) is 2.62. The number of allylic oxidation sites excluding steroid dienone is 3. The number of hydrogen-bond acceptors (Lipinski definition) is 5. The van der Waals surface area contributed by atoms with Gasteiger partial charge in [-0.15, -0.1) is 0 Å². The van der Waals surface area contributed by atoms with Crippen molar-refractivity contribution in [3.8, 4) is 0 Å². The molecule has 0 aromatic carbocycles. The minimum absolute atomic E-state index is 0.119. The van der Waals surface area contributed by atoms with E-state index in [1.54, 1.807) is 0 Å². The van der Waals surface area contributed by atoms with Crippen LogP contribution in [0.25, 0.3) is 0 Å². The van der Waals surface area contributed by atoms with Crippen LogP contribution in [0.5, 0.6) is 0 Å². The molecule has 1 aromatic rings. The SMILES string of the molecule is C=C1/C(=C\C=C2/CCC[C@]3(C)[C@@H]([C@H](C)CC[C@@H](OC(=O)C(C)(C)C)C4(c5ncc(CCC)[nH]5)CC4)CC[C@@H]23)C[C@@H](O)C[C@@H]1O. The molecule has 7 atom stereocenters. The van der Waals surface area contributed by atoms with Crippen LogP contribution in [0.2, 0.25) is 0 Å². The van der Waals surface area contributed by atoms with E-state index in [1.165, 1.54) is 37.0 Å². The molecule has 1 aromatic heterocycles. The van der Waals surface area contributed by atoms with E-state index in [1.807, 2.05) is 27.0 Å². The largest absolute Gasteiger partial charge is 0.461 e. The van der Waals surface area contributed by atoms with Crippen molar-refractivity contribution < 1.29 is 19.7 Å². The maximum atomic E-state index is 13.2. The summed E-state index contributed by atoms with van der Waals surface area (Å²) in [5.41, 5.74) is 3.98. The number of nitrogens with zero attached hydrogens (tertiary/aromatic N) is 1. The van der Waals surface area contributed by atoms with Crippen molar-refractivity contribution in [2.75, 3.05) is 0 Å². The smallest absolute Gasteiger partial charge is 0.311 e. The first-order valence-corrected chi connectivity index (χ1v) is 17.5. The van der Waals surface area contributed by atoms with Gasteiger partial charge in [0.25, 0.3) is 0 Å². The minimum Gasteiger partial charge on any atom is -0.461 e. The summed E-state index contributed by atoms with van der Waals surface area (Å²) in [6.45, 7) is 17.1. The quantitative estimate of drug-likeness (QED) is 0.235. The lowest BCUT2D eigenvalue weighted by Crippen LogP contribution is -2.38. The van der Waals surface area contributed by atoms with E-state index in [-0.39, 0.29) is 22.9 Å². The maximum absolute atomic E-state index is 13.2. The summed E-state index contributed by atoms with van der Waals surface area (Å²) in [6.07, 6.45) is 18.1. The topological polar surface area (TPSA) is 95.4 Å². The maximum Gasteiger partial charge on any atom is 0.311 e. The number of aryl methyl sites for hydroxylation is 1. The van der Waals surface area contributed by atoms with Gasteiger partial charge in [-0.3, -0.25) is 4.79 Å². The normalized spacial score (nSPS) is 33.3. The standard InChI is InChI=1S/C38H58N2O4/c1-8-10-28-23-39-34(40-28)38(19-20-38)33(44-35(43)36(4,5)6)17-12-24(2)30-15-16-31-26(11-9-18-37(30,31)7)13-14-27-21-29(41)22-32(42)25(27)3/h13-14,23-24,29-33,41-42H,3,8-12,15-22H2,1-2,4-7H3,(H,39,40)/b26-13+,27-14-/t24-,29-,30-,31+,32+,33-,37-/m1/s1. The van der Waals surface area contributed by atoms with Gasteiger partial charge < -0.3 is 19.9 Å². The fourth-order valence-electron chi connectivity index (χ4n) is 8.90. The Morgan fingerprint density at radius 3 is 2.64 bits per heavy atom. The third-order valence-electron chi connectivity index (χ3n) is 11.8. The van der Waals surface area contributed by atoms with Gasteiger partial charge in [0.1, 0.15) is 11.9 Å². The van der Waals surface area contributed by atoms with E-state index in [0.717, 1.165) is 61.9 Å². The number of hydrogen-bond donors (Lipinski definition) is 3. The lowest BCUT2D eigenvalue weighted by Gasteiger charge is -2.44. The summed E-state index contributed by atoms with van der Waals surface area (Å²) in [4.78, 5) is 21.6. The molecular formula is C38H58N2O4. The van der Waals surface area contributed by atoms with Crippen molar-refractivity contribution in [3.63, 3.8) is 0 Å². The summed E-state index contributed by atoms with van der Waals surface area (Å²) in [5, 5.41) is 20.5. The van der Waals surface area contributed by atoms with Crippen LogP contribution in [0.1, 0.15) is 130 Å². The molecule has 4 saturated carbocycles. The Bertz CT molecular complexity index is 1260. The third-order valence-corrected chi connectivity index (χ3v) is 11.8. The fraction of sp³-hybridized carbons (Fsp3) is 0.737. The van der Waals surface area contributed by atoms with Gasteiger partial charge in [-0.05, 0) is 126 Å². The van der Waals surface area contributed by atoms with Crippen LogP contribution in [0.3, 0.4) is 0 Å². The van der Waals surface area contributed by atoms with E-state index in [0.29, 0.717) is 30.6 Å². The highest BCUT2D eigenvalue weighted by Crippen LogP contribution is 2.60. The molecule has 244 valence electrons. The number of nitrogens with one attached hydrogen (secondary N) is 1. The average Bonchev–Trinajstić information content (AvgIpc) is 3.48. The number of fused-ring (bicyclic) bond motifs is 1. The summed E-state index contributed by atoms with van der Waals surface area (Å²) in [7, 11) is 0. The van der Waals surface area contributed by atoms with Crippen LogP contribution < -0.4 is 0 Å². The predicted molar refractivity (Wildman–Crippen MR) is 176 cm³/mol. The highest BCUT2D eigenvalue weighted by molar-refractivity contribution is 5.75. The van der Waals surface area contributed by atoms with Crippen LogP contribution in [0, 0.1) is 28.6 Å². The zero-order valence-corrected chi connectivity index (χ0v) is 28.3. The molecule has 0 amide bonds. The van der Waals surface area contributed by atoms with Gasteiger partial charge in [0.2, 0.25) is 0 Å². The number of H-pyrrole nitrogens is 1. The Morgan fingerprint density at radius 1 is 1.20 bits per heavy atom. The number of aliphatic hydroxyl groups is 2. The van der Waals surface area contributed by atoms with Crippen molar-refractivity contribution in [2.45, 2.75) is 149 Å². The number of rotatable bonds is 10. The van der Waals surface area contributed by atoms with E-state index in [9.17, 15) is 15.0 Å². The Labute approximate surface area is 265 Å². The van der Waals surface area contributed by atoms with Crippen molar-refractivity contribution in [1.82, 2.24) is 9.97 Å². The first-order valence-electron chi connectivity index (χ1n) is 17.5. The molecule has 0 aliphatic heterocycles. The number of aromatic nitrogens is 2.